The Balaban J connectivity index is 1.50. The summed E-state index contributed by atoms with van der Waals surface area (Å²) in [6.07, 6.45) is 4.35. The fraction of sp³-hybridized carbons (Fsp3) is 0.524. The molecule has 0 spiro atoms. The molecule has 30 heavy (non-hydrogen) atoms. The van der Waals surface area contributed by atoms with Gasteiger partial charge in [-0.05, 0) is 37.8 Å². The number of H-pyrrole nitrogens is 1. The van der Waals surface area contributed by atoms with Crippen molar-refractivity contribution in [3.63, 3.8) is 0 Å². The Bertz CT molecular complexity index is 1080. The van der Waals surface area contributed by atoms with E-state index in [-0.39, 0.29) is 17.5 Å². The number of nitrogens with zero attached hydrogens (tertiary/aromatic N) is 4. The third-order valence-electron chi connectivity index (χ3n) is 5.48. The molecule has 0 radical (unpaired) electrons. The molecule has 0 saturated carbocycles. The molecule has 3 aromatic heterocycles. The van der Waals surface area contributed by atoms with Crippen molar-refractivity contribution in [3.8, 4) is 5.88 Å². The number of aryl methyl sites for hydroxylation is 2. The lowest BCUT2D eigenvalue weighted by atomic mass is 9.98. The van der Waals surface area contributed by atoms with Crippen LogP contribution in [-0.2, 0) is 17.6 Å². The van der Waals surface area contributed by atoms with E-state index >= 15 is 0 Å². The fourth-order valence-corrected chi connectivity index (χ4v) is 3.97. The van der Waals surface area contributed by atoms with Crippen LogP contribution in [0.1, 0.15) is 62.7 Å². The second-order valence-electron chi connectivity index (χ2n) is 7.51. The van der Waals surface area contributed by atoms with Crippen molar-refractivity contribution in [2.75, 3.05) is 13.2 Å². The van der Waals surface area contributed by atoms with Gasteiger partial charge in [-0.2, -0.15) is 0 Å². The molecule has 4 heterocycles. The number of hydrogen-bond donors (Lipinski definition) is 1. The molecule has 1 aliphatic heterocycles. The Morgan fingerprint density at radius 1 is 1.30 bits per heavy atom. The maximum Gasteiger partial charge on any atom is 0.272 e. The van der Waals surface area contributed by atoms with Gasteiger partial charge < -0.3 is 14.2 Å². The molecule has 9 heteroatoms. The highest BCUT2D eigenvalue weighted by Crippen LogP contribution is 2.31. The van der Waals surface area contributed by atoms with Crippen molar-refractivity contribution in [1.82, 2.24) is 24.7 Å². The van der Waals surface area contributed by atoms with Gasteiger partial charge in [0.1, 0.15) is 5.76 Å². The van der Waals surface area contributed by atoms with Crippen molar-refractivity contribution >= 4 is 11.6 Å². The summed E-state index contributed by atoms with van der Waals surface area (Å²) >= 11 is 0. The summed E-state index contributed by atoms with van der Waals surface area (Å²) in [6.45, 7) is 5.06. The van der Waals surface area contributed by atoms with Gasteiger partial charge in [0.25, 0.3) is 11.4 Å². The van der Waals surface area contributed by atoms with E-state index in [1.165, 1.54) is 4.52 Å². The Kier molecular flexibility index (Phi) is 5.87. The number of aromatic amines is 1. The molecule has 1 fully saturated rings. The fourth-order valence-electron chi connectivity index (χ4n) is 3.97. The predicted octanol–water partition coefficient (Wildman–Crippen LogP) is 2.66. The largest absolute Gasteiger partial charge is 0.476 e. The van der Waals surface area contributed by atoms with Crippen LogP contribution in [0.2, 0.25) is 0 Å². The standard InChI is InChI=1S/C21H27N5O4/c1-3-14-11-21(28)26-18(22-14)13-16(23-26)17-7-5-6-10-25(17)20(27)9-8-15-12-19(24-30-15)29-4-2/h11-13,17,23H,3-10H2,1-2H3/t17-/m1/s1. The highest BCUT2D eigenvalue weighted by atomic mass is 16.5. The molecule has 1 saturated heterocycles. The second kappa shape index (κ2) is 8.73. The zero-order chi connectivity index (χ0) is 21.1. The smallest absolute Gasteiger partial charge is 0.272 e. The van der Waals surface area contributed by atoms with Gasteiger partial charge in [-0.1, -0.05) is 6.92 Å². The number of carbonyl (C=O) groups excluding carboxylic acids is 1. The topological polar surface area (TPSA) is 106 Å². The molecule has 4 rings (SSSR count). The van der Waals surface area contributed by atoms with Crippen LogP contribution in [0.5, 0.6) is 5.88 Å². The highest BCUT2D eigenvalue weighted by Gasteiger charge is 2.29. The molecule has 0 aromatic carbocycles. The van der Waals surface area contributed by atoms with E-state index in [1.54, 1.807) is 12.1 Å². The minimum atomic E-state index is -0.132. The lowest BCUT2D eigenvalue weighted by Gasteiger charge is -2.35. The van der Waals surface area contributed by atoms with Gasteiger partial charge in [0, 0.05) is 43.3 Å². The summed E-state index contributed by atoms with van der Waals surface area (Å²) in [4.78, 5) is 31.8. The molecule has 1 aliphatic rings. The Morgan fingerprint density at radius 3 is 2.97 bits per heavy atom. The molecule has 9 nitrogen and oxygen atoms in total. The number of amides is 1. The second-order valence-corrected chi connectivity index (χ2v) is 7.51. The summed E-state index contributed by atoms with van der Waals surface area (Å²) in [5.41, 5.74) is 2.07. The zero-order valence-corrected chi connectivity index (χ0v) is 17.4. The number of nitrogens with one attached hydrogen (secondary N) is 1. The lowest BCUT2D eigenvalue weighted by Crippen LogP contribution is -2.38. The highest BCUT2D eigenvalue weighted by molar-refractivity contribution is 5.77. The summed E-state index contributed by atoms with van der Waals surface area (Å²) < 4.78 is 12.0. The number of hydrogen-bond acceptors (Lipinski definition) is 6. The number of aromatic nitrogens is 4. The number of piperidine rings is 1. The molecular formula is C21H27N5O4. The van der Waals surface area contributed by atoms with Gasteiger partial charge in [0.15, 0.2) is 5.65 Å². The van der Waals surface area contributed by atoms with E-state index in [1.807, 2.05) is 24.8 Å². The Morgan fingerprint density at radius 2 is 2.17 bits per heavy atom. The zero-order valence-electron chi connectivity index (χ0n) is 17.4. The van der Waals surface area contributed by atoms with E-state index in [2.05, 4.69) is 15.2 Å². The molecule has 160 valence electrons. The molecule has 0 aliphatic carbocycles. The van der Waals surface area contributed by atoms with Crippen molar-refractivity contribution in [3.05, 3.63) is 45.7 Å². The normalized spacial score (nSPS) is 16.9. The van der Waals surface area contributed by atoms with Crippen LogP contribution in [0.25, 0.3) is 5.65 Å². The van der Waals surface area contributed by atoms with Crippen LogP contribution < -0.4 is 10.3 Å². The van der Waals surface area contributed by atoms with Gasteiger partial charge in [-0.15, -0.1) is 0 Å². The SMILES string of the molecule is CCOc1cc(CCC(=O)N2CCCC[C@@H]2c2cc3nc(CC)cc(=O)n3[nH]2)on1. The van der Waals surface area contributed by atoms with Gasteiger partial charge >= 0.3 is 0 Å². The molecule has 0 bridgehead atoms. The Labute approximate surface area is 174 Å². The van der Waals surface area contributed by atoms with Crippen LogP contribution in [0.15, 0.2) is 27.5 Å². The summed E-state index contributed by atoms with van der Waals surface area (Å²) in [7, 11) is 0. The van der Waals surface area contributed by atoms with Crippen LogP contribution in [0.4, 0.5) is 0 Å². The number of ether oxygens (including phenoxy) is 1. The first-order chi connectivity index (χ1) is 14.6. The quantitative estimate of drug-likeness (QED) is 0.638. The van der Waals surface area contributed by atoms with Crippen molar-refractivity contribution in [2.45, 2.75) is 58.4 Å². The Hall–Kier alpha value is -3.10. The summed E-state index contributed by atoms with van der Waals surface area (Å²) in [6, 6.07) is 5.07. The van der Waals surface area contributed by atoms with Gasteiger partial charge in [0.05, 0.1) is 18.3 Å². The number of carbonyl (C=O) groups is 1. The minimum absolute atomic E-state index is 0.0577. The number of fused-ring (bicyclic) bond motifs is 1. The van der Waals surface area contributed by atoms with E-state index in [0.29, 0.717) is 49.7 Å². The molecule has 1 amide bonds. The van der Waals surface area contributed by atoms with E-state index in [0.717, 1.165) is 30.7 Å². The first kappa shape index (κ1) is 20.2. The molecule has 3 aromatic rings. The van der Waals surface area contributed by atoms with E-state index in [9.17, 15) is 9.59 Å². The van der Waals surface area contributed by atoms with Crippen molar-refractivity contribution in [2.24, 2.45) is 0 Å². The number of rotatable bonds is 7. The van der Waals surface area contributed by atoms with Crippen LogP contribution in [0, 0.1) is 0 Å². The third kappa shape index (κ3) is 4.10. The van der Waals surface area contributed by atoms with Gasteiger partial charge in [-0.25, -0.2) is 9.50 Å². The lowest BCUT2D eigenvalue weighted by molar-refractivity contribution is -0.135. The van der Waals surface area contributed by atoms with E-state index in [4.69, 9.17) is 9.26 Å². The molecular weight excluding hydrogens is 386 g/mol. The average molecular weight is 413 g/mol. The van der Waals surface area contributed by atoms with Gasteiger partial charge in [0.2, 0.25) is 5.91 Å². The van der Waals surface area contributed by atoms with E-state index < -0.39 is 0 Å². The average Bonchev–Trinajstić information content (AvgIpc) is 3.39. The maximum absolute atomic E-state index is 13.0. The van der Waals surface area contributed by atoms with Crippen LogP contribution in [-0.4, -0.2) is 43.7 Å². The predicted molar refractivity (Wildman–Crippen MR) is 109 cm³/mol. The summed E-state index contributed by atoms with van der Waals surface area (Å²) in [5, 5.41) is 7.00. The molecule has 1 atom stereocenters. The summed E-state index contributed by atoms with van der Waals surface area (Å²) in [5.74, 6) is 1.13. The monoisotopic (exact) mass is 413 g/mol. The van der Waals surface area contributed by atoms with Gasteiger partial charge in [-0.3, -0.25) is 14.7 Å². The van der Waals surface area contributed by atoms with Crippen molar-refractivity contribution in [1.29, 1.82) is 0 Å². The third-order valence-corrected chi connectivity index (χ3v) is 5.48. The first-order valence-corrected chi connectivity index (χ1v) is 10.6. The number of likely N-dealkylation sites (tertiary alicyclic amines) is 1. The van der Waals surface area contributed by atoms with Crippen molar-refractivity contribution < 1.29 is 14.1 Å². The minimum Gasteiger partial charge on any atom is -0.476 e. The molecule has 1 N–H and O–H groups in total. The van der Waals surface area contributed by atoms with Crippen LogP contribution >= 0.6 is 0 Å². The maximum atomic E-state index is 13.0. The molecule has 0 unspecified atom stereocenters. The first-order valence-electron chi connectivity index (χ1n) is 10.6. The van der Waals surface area contributed by atoms with Crippen LogP contribution in [0.3, 0.4) is 0 Å².